The van der Waals surface area contributed by atoms with Crippen molar-refractivity contribution in [3.8, 4) is 0 Å². The van der Waals surface area contributed by atoms with Gasteiger partial charge in [-0.3, -0.25) is 4.79 Å². The molecule has 2 aromatic heterocycles. The molecule has 0 atom stereocenters. The average molecular weight is 331 g/mol. The Morgan fingerprint density at radius 3 is 2.67 bits per heavy atom. The zero-order valence-electron chi connectivity index (χ0n) is 14.3. The minimum atomic E-state index is -0.462. The topological polar surface area (TPSA) is 86.4 Å². The standard InChI is InChI=1S/C17H21N3O4/c1-6-8-20-12(5)14(11(4)15(20)17(22)23-7-2)16(21)18-13-9-10(3)24-19-13/h6,9H,1,7-8H2,2-5H3,(H,18,19,21). The van der Waals surface area contributed by atoms with Gasteiger partial charge in [0.05, 0.1) is 12.2 Å². The molecule has 0 spiro atoms. The number of aryl methyl sites for hydroxylation is 1. The fourth-order valence-electron chi connectivity index (χ4n) is 2.65. The number of amides is 1. The van der Waals surface area contributed by atoms with Crippen LogP contribution < -0.4 is 5.32 Å². The van der Waals surface area contributed by atoms with Crippen molar-refractivity contribution >= 4 is 17.7 Å². The summed E-state index contributed by atoms with van der Waals surface area (Å²) in [6.45, 7) is 11.3. The van der Waals surface area contributed by atoms with Crippen LogP contribution in [0.3, 0.4) is 0 Å². The minimum absolute atomic E-state index is 0.260. The summed E-state index contributed by atoms with van der Waals surface area (Å²) in [5, 5.41) is 6.43. The van der Waals surface area contributed by atoms with E-state index < -0.39 is 5.97 Å². The lowest BCUT2D eigenvalue weighted by Gasteiger charge is -2.08. The van der Waals surface area contributed by atoms with E-state index in [1.807, 2.05) is 0 Å². The molecule has 0 unspecified atom stereocenters. The highest BCUT2D eigenvalue weighted by Gasteiger charge is 2.27. The highest BCUT2D eigenvalue weighted by Crippen LogP contribution is 2.24. The van der Waals surface area contributed by atoms with Crippen molar-refractivity contribution in [3.05, 3.63) is 47.0 Å². The summed E-state index contributed by atoms with van der Waals surface area (Å²) < 4.78 is 11.8. The number of aromatic nitrogens is 2. The Morgan fingerprint density at radius 2 is 2.12 bits per heavy atom. The largest absolute Gasteiger partial charge is 0.461 e. The smallest absolute Gasteiger partial charge is 0.355 e. The molecule has 7 heteroatoms. The van der Waals surface area contributed by atoms with Gasteiger partial charge in [-0.05, 0) is 33.3 Å². The third-order valence-electron chi connectivity index (χ3n) is 3.64. The van der Waals surface area contributed by atoms with Crippen LogP contribution in [0, 0.1) is 20.8 Å². The van der Waals surface area contributed by atoms with Gasteiger partial charge in [-0.25, -0.2) is 4.79 Å². The molecule has 2 aromatic rings. The SMILES string of the molecule is C=CCn1c(C)c(C(=O)Nc2cc(C)on2)c(C)c1C(=O)OCC. The second-order valence-corrected chi connectivity index (χ2v) is 5.33. The van der Waals surface area contributed by atoms with E-state index in [4.69, 9.17) is 9.26 Å². The summed E-state index contributed by atoms with van der Waals surface area (Å²) >= 11 is 0. The molecular weight excluding hydrogens is 310 g/mol. The predicted molar refractivity (Wildman–Crippen MR) is 89.3 cm³/mol. The van der Waals surface area contributed by atoms with E-state index in [1.165, 1.54) is 0 Å². The van der Waals surface area contributed by atoms with Gasteiger partial charge in [0.2, 0.25) is 0 Å². The number of carbonyl (C=O) groups is 2. The first-order valence-corrected chi connectivity index (χ1v) is 7.63. The van der Waals surface area contributed by atoms with E-state index in [0.29, 0.717) is 40.6 Å². The van der Waals surface area contributed by atoms with Crippen LogP contribution >= 0.6 is 0 Å². The van der Waals surface area contributed by atoms with Crippen LogP contribution in [0.25, 0.3) is 0 Å². The van der Waals surface area contributed by atoms with E-state index in [0.717, 1.165) is 0 Å². The highest BCUT2D eigenvalue weighted by molar-refractivity contribution is 6.08. The Balaban J connectivity index is 2.45. The number of rotatable bonds is 6. The number of nitrogens with zero attached hydrogens (tertiary/aromatic N) is 2. The Hall–Kier alpha value is -2.83. The summed E-state index contributed by atoms with van der Waals surface area (Å²) in [6.07, 6.45) is 1.66. The number of esters is 1. The Morgan fingerprint density at radius 1 is 1.42 bits per heavy atom. The van der Waals surface area contributed by atoms with Crippen molar-refractivity contribution in [3.63, 3.8) is 0 Å². The number of nitrogens with one attached hydrogen (secondary N) is 1. The van der Waals surface area contributed by atoms with Crippen molar-refractivity contribution in [2.24, 2.45) is 0 Å². The van der Waals surface area contributed by atoms with E-state index in [2.05, 4.69) is 17.1 Å². The molecule has 0 radical (unpaired) electrons. The molecule has 2 rings (SSSR count). The number of ether oxygens (including phenoxy) is 1. The number of carbonyl (C=O) groups excluding carboxylic acids is 2. The predicted octanol–water partition coefficient (Wildman–Crippen LogP) is 3.02. The van der Waals surface area contributed by atoms with Crippen LogP contribution in [0.15, 0.2) is 23.2 Å². The molecule has 24 heavy (non-hydrogen) atoms. The van der Waals surface area contributed by atoms with E-state index in [9.17, 15) is 9.59 Å². The molecule has 128 valence electrons. The van der Waals surface area contributed by atoms with Gasteiger partial charge in [-0.1, -0.05) is 11.2 Å². The number of anilines is 1. The molecule has 0 aliphatic rings. The van der Waals surface area contributed by atoms with Crippen LogP contribution in [0.2, 0.25) is 0 Å². The molecular formula is C17H21N3O4. The van der Waals surface area contributed by atoms with Crippen molar-refractivity contribution in [2.45, 2.75) is 34.2 Å². The molecule has 0 aliphatic heterocycles. The fraction of sp³-hybridized carbons (Fsp3) is 0.353. The maximum absolute atomic E-state index is 12.6. The Kier molecular flexibility index (Phi) is 5.23. The van der Waals surface area contributed by atoms with E-state index in [1.54, 1.807) is 44.4 Å². The van der Waals surface area contributed by atoms with Crippen LogP contribution in [-0.2, 0) is 11.3 Å². The van der Waals surface area contributed by atoms with Crippen LogP contribution in [-0.4, -0.2) is 28.2 Å². The minimum Gasteiger partial charge on any atom is -0.461 e. The molecule has 0 aromatic carbocycles. The second kappa shape index (κ2) is 7.16. The Bertz CT molecular complexity index is 786. The third-order valence-corrected chi connectivity index (χ3v) is 3.64. The van der Waals surface area contributed by atoms with Crippen molar-refractivity contribution in [1.82, 2.24) is 9.72 Å². The van der Waals surface area contributed by atoms with E-state index in [-0.39, 0.29) is 12.5 Å². The van der Waals surface area contributed by atoms with E-state index >= 15 is 0 Å². The summed E-state index contributed by atoms with van der Waals surface area (Å²) in [7, 11) is 0. The maximum Gasteiger partial charge on any atom is 0.355 e. The maximum atomic E-state index is 12.6. The van der Waals surface area contributed by atoms with Crippen LogP contribution in [0.5, 0.6) is 0 Å². The van der Waals surface area contributed by atoms with Gasteiger partial charge in [-0.2, -0.15) is 0 Å². The summed E-state index contributed by atoms with van der Waals surface area (Å²) in [5.74, 6) is 0.101. The lowest BCUT2D eigenvalue weighted by molar-refractivity contribution is 0.0513. The monoisotopic (exact) mass is 331 g/mol. The number of hydrogen-bond donors (Lipinski definition) is 1. The van der Waals surface area contributed by atoms with Gasteiger partial charge >= 0.3 is 5.97 Å². The molecule has 0 saturated carbocycles. The molecule has 1 N–H and O–H groups in total. The quantitative estimate of drug-likeness (QED) is 0.649. The molecule has 0 aliphatic carbocycles. The number of hydrogen-bond acceptors (Lipinski definition) is 5. The first-order valence-electron chi connectivity index (χ1n) is 7.63. The number of allylic oxidation sites excluding steroid dienone is 1. The van der Waals surface area contributed by atoms with Gasteiger partial charge in [0.25, 0.3) is 5.91 Å². The van der Waals surface area contributed by atoms with Crippen molar-refractivity contribution in [1.29, 1.82) is 0 Å². The van der Waals surface area contributed by atoms with Gasteiger partial charge in [0.15, 0.2) is 5.82 Å². The zero-order valence-corrected chi connectivity index (χ0v) is 14.3. The second-order valence-electron chi connectivity index (χ2n) is 5.33. The highest BCUT2D eigenvalue weighted by atomic mass is 16.5. The first-order chi connectivity index (χ1) is 11.4. The van der Waals surface area contributed by atoms with Crippen molar-refractivity contribution < 1.29 is 18.8 Å². The summed E-state index contributed by atoms with van der Waals surface area (Å²) in [6, 6.07) is 1.62. The fourth-order valence-corrected chi connectivity index (χ4v) is 2.65. The molecule has 1 amide bonds. The lowest BCUT2D eigenvalue weighted by Crippen LogP contribution is -2.14. The van der Waals surface area contributed by atoms with Crippen LogP contribution in [0.1, 0.15) is 44.8 Å². The average Bonchev–Trinajstić information content (AvgIpc) is 3.01. The lowest BCUT2D eigenvalue weighted by atomic mass is 10.1. The van der Waals surface area contributed by atoms with Gasteiger partial charge < -0.3 is 19.1 Å². The van der Waals surface area contributed by atoms with Gasteiger partial charge in [-0.15, -0.1) is 6.58 Å². The third kappa shape index (κ3) is 3.24. The first kappa shape index (κ1) is 17.5. The Labute approximate surface area is 140 Å². The zero-order chi connectivity index (χ0) is 17.9. The molecule has 7 nitrogen and oxygen atoms in total. The van der Waals surface area contributed by atoms with Crippen molar-refractivity contribution in [2.75, 3.05) is 11.9 Å². The van der Waals surface area contributed by atoms with Crippen LogP contribution in [0.4, 0.5) is 5.82 Å². The molecule has 0 bridgehead atoms. The van der Waals surface area contributed by atoms with Gasteiger partial charge in [0, 0.05) is 18.3 Å². The molecule has 0 fully saturated rings. The molecule has 0 saturated heterocycles. The molecule has 2 heterocycles. The summed E-state index contributed by atoms with van der Waals surface area (Å²) in [4.78, 5) is 24.9. The van der Waals surface area contributed by atoms with Gasteiger partial charge in [0.1, 0.15) is 11.5 Å². The normalized spacial score (nSPS) is 10.5. The summed E-state index contributed by atoms with van der Waals surface area (Å²) in [5.41, 5.74) is 2.00.